The highest BCUT2D eigenvalue weighted by Crippen LogP contribution is 2.25. The van der Waals surface area contributed by atoms with Crippen LogP contribution in [0.3, 0.4) is 0 Å². The summed E-state index contributed by atoms with van der Waals surface area (Å²) in [4.78, 5) is 14.7. The monoisotopic (exact) mass is 394 g/mol. The number of hydrogen-bond acceptors (Lipinski definition) is 3. The molecule has 1 heterocycles. The van der Waals surface area contributed by atoms with Crippen LogP contribution in [0.4, 0.5) is 10.5 Å². The van der Waals surface area contributed by atoms with E-state index in [0.29, 0.717) is 18.7 Å². The second kappa shape index (κ2) is 7.64. The fourth-order valence-corrected chi connectivity index (χ4v) is 5.45. The van der Waals surface area contributed by atoms with Gasteiger partial charge in [-0.25, -0.2) is 13.2 Å². The number of sulfone groups is 1. The lowest BCUT2D eigenvalue weighted by Gasteiger charge is -2.29. The number of nitrogens with one attached hydrogen (secondary N) is 1. The molecule has 0 aliphatic carbocycles. The zero-order valence-corrected chi connectivity index (χ0v) is 16.2. The molecule has 1 unspecified atom stereocenters. The van der Waals surface area contributed by atoms with Gasteiger partial charge in [-0.15, -0.1) is 0 Å². The third kappa shape index (κ3) is 4.02. The maximum Gasteiger partial charge on any atom is 0.322 e. The summed E-state index contributed by atoms with van der Waals surface area (Å²) in [6, 6.07) is 22.6. The molecule has 0 saturated carbocycles. The molecular formula is C22H22N2O3S. The number of fused-ring (bicyclic) bond motifs is 1. The zero-order chi connectivity index (χ0) is 19.6. The fraction of sp³-hybridized carbons (Fsp3) is 0.227. The number of amides is 2. The Morgan fingerprint density at radius 3 is 2.43 bits per heavy atom. The van der Waals surface area contributed by atoms with Crippen molar-refractivity contribution in [3.63, 3.8) is 0 Å². The highest BCUT2D eigenvalue weighted by molar-refractivity contribution is 7.91. The number of benzene rings is 3. The summed E-state index contributed by atoms with van der Waals surface area (Å²) in [6.07, 6.45) is 0.468. The molecule has 4 rings (SSSR count). The van der Waals surface area contributed by atoms with Crippen molar-refractivity contribution in [2.45, 2.75) is 19.0 Å². The van der Waals surface area contributed by atoms with Crippen LogP contribution < -0.4 is 5.32 Å². The summed E-state index contributed by atoms with van der Waals surface area (Å²) < 4.78 is 24.1. The summed E-state index contributed by atoms with van der Waals surface area (Å²) >= 11 is 0. The van der Waals surface area contributed by atoms with Crippen molar-refractivity contribution in [3.8, 4) is 0 Å². The Kier molecular flexibility index (Phi) is 5.05. The summed E-state index contributed by atoms with van der Waals surface area (Å²) in [5.41, 5.74) is 1.70. The van der Waals surface area contributed by atoms with E-state index in [9.17, 15) is 13.2 Å². The van der Waals surface area contributed by atoms with Crippen LogP contribution in [-0.4, -0.2) is 36.9 Å². The van der Waals surface area contributed by atoms with E-state index < -0.39 is 9.84 Å². The van der Waals surface area contributed by atoms with E-state index in [-0.39, 0.29) is 23.6 Å². The molecule has 2 amide bonds. The summed E-state index contributed by atoms with van der Waals surface area (Å²) in [6.45, 7) is 0.361. The van der Waals surface area contributed by atoms with Gasteiger partial charge in [0.1, 0.15) is 0 Å². The van der Waals surface area contributed by atoms with Crippen molar-refractivity contribution in [2.75, 3.05) is 16.8 Å². The first-order valence-electron chi connectivity index (χ1n) is 9.31. The normalized spacial score (nSPS) is 18.1. The van der Waals surface area contributed by atoms with Gasteiger partial charge in [0.2, 0.25) is 0 Å². The van der Waals surface area contributed by atoms with Crippen LogP contribution >= 0.6 is 0 Å². The van der Waals surface area contributed by atoms with Gasteiger partial charge in [-0.05, 0) is 34.9 Å². The Balaban J connectivity index is 1.65. The first-order valence-corrected chi connectivity index (χ1v) is 11.1. The second-order valence-corrected chi connectivity index (χ2v) is 9.35. The summed E-state index contributed by atoms with van der Waals surface area (Å²) in [5, 5.41) is 5.08. The van der Waals surface area contributed by atoms with Gasteiger partial charge in [-0.2, -0.15) is 0 Å². The standard InChI is InChI=1S/C22H22N2O3S/c25-22(23-19-10-2-1-3-11-19)24(20-13-14-28(26,27)16-20)15-18-9-6-8-17-7-4-5-12-21(17)18/h1-12,20H,13-16H2,(H,23,25). The average Bonchev–Trinajstić information content (AvgIpc) is 3.06. The molecule has 1 saturated heterocycles. The smallest absolute Gasteiger partial charge is 0.316 e. The van der Waals surface area contributed by atoms with Crippen molar-refractivity contribution >= 4 is 32.3 Å². The van der Waals surface area contributed by atoms with Crippen LogP contribution in [0.5, 0.6) is 0 Å². The van der Waals surface area contributed by atoms with Crippen molar-refractivity contribution in [3.05, 3.63) is 78.4 Å². The predicted octanol–water partition coefficient (Wildman–Crippen LogP) is 4.06. The Morgan fingerprint density at radius 1 is 0.964 bits per heavy atom. The largest absolute Gasteiger partial charge is 0.322 e. The van der Waals surface area contributed by atoms with Crippen molar-refractivity contribution in [2.24, 2.45) is 0 Å². The van der Waals surface area contributed by atoms with Crippen LogP contribution in [-0.2, 0) is 16.4 Å². The molecule has 1 aliphatic heterocycles. The average molecular weight is 394 g/mol. The SMILES string of the molecule is O=C(Nc1ccccc1)N(Cc1cccc2ccccc12)C1CCS(=O)(=O)C1. The molecule has 3 aromatic rings. The van der Waals surface area contributed by atoms with E-state index in [0.717, 1.165) is 16.3 Å². The number of urea groups is 1. The van der Waals surface area contributed by atoms with E-state index in [1.807, 2.05) is 72.8 Å². The van der Waals surface area contributed by atoms with Gasteiger partial charge in [0.05, 0.1) is 11.5 Å². The van der Waals surface area contributed by atoms with Crippen LogP contribution in [0.25, 0.3) is 10.8 Å². The van der Waals surface area contributed by atoms with Crippen molar-refractivity contribution < 1.29 is 13.2 Å². The lowest BCUT2D eigenvalue weighted by molar-refractivity contribution is 0.190. The number of anilines is 1. The molecule has 28 heavy (non-hydrogen) atoms. The number of carbonyl (C=O) groups excluding carboxylic acids is 1. The van der Waals surface area contributed by atoms with E-state index in [1.54, 1.807) is 4.90 Å². The van der Waals surface area contributed by atoms with E-state index in [2.05, 4.69) is 5.32 Å². The highest BCUT2D eigenvalue weighted by Gasteiger charge is 2.35. The Bertz CT molecular complexity index is 1090. The molecule has 1 fully saturated rings. The molecule has 5 nitrogen and oxygen atoms in total. The van der Waals surface area contributed by atoms with Gasteiger partial charge >= 0.3 is 6.03 Å². The Hall–Kier alpha value is -2.86. The topological polar surface area (TPSA) is 66.5 Å². The Labute approximate surface area is 164 Å². The number of nitrogens with zero attached hydrogens (tertiary/aromatic N) is 1. The molecule has 0 spiro atoms. The van der Waals surface area contributed by atoms with Crippen molar-refractivity contribution in [1.82, 2.24) is 4.90 Å². The van der Waals surface area contributed by atoms with Gasteiger partial charge in [0, 0.05) is 18.3 Å². The molecule has 0 aromatic heterocycles. The predicted molar refractivity (Wildman–Crippen MR) is 112 cm³/mol. The number of hydrogen-bond donors (Lipinski definition) is 1. The van der Waals surface area contributed by atoms with Gasteiger partial charge < -0.3 is 10.2 Å². The number of para-hydroxylation sites is 1. The number of carbonyl (C=O) groups is 1. The maximum absolute atomic E-state index is 13.1. The molecule has 0 bridgehead atoms. The molecule has 1 N–H and O–H groups in total. The van der Waals surface area contributed by atoms with Crippen molar-refractivity contribution in [1.29, 1.82) is 0 Å². The highest BCUT2D eigenvalue weighted by atomic mass is 32.2. The van der Waals surface area contributed by atoms with Gasteiger partial charge in [0.15, 0.2) is 9.84 Å². The molecule has 1 aliphatic rings. The summed E-state index contributed by atoms with van der Waals surface area (Å²) in [5.74, 6) is 0.141. The van der Waals surface area contributed by atoms with Gasteiger partial charge in [-0.1, -0.05) is 60.7 Å². The first kappa shape index (κ1) is 18.5. The van der Waals surface area contributed by atoms with Gasteiger partial charge in [0.25, 0.3) is 0 Å². The van der Waals surface area contributed by atoms with Crippen LogP contribution in [0, 0.1) is 0 Å². The third-order valence-electron chi connectivity index (χ3n) is 5.16. The first-order chi connectivity index (χ1) is 13.5. The van der Waals surface area contributed by atoms with Crippen LogP contribution in [0.15, 0.2) is 72.8 Å². The molecule has 0 radical (unpaired) electrons. The lowest BCUT2D eigenvalue weighted by Crippen LogP contribution is -2.43. The zero-order valence-electron chi connectivity index (χ0n) is 15.4. The number of rotatable bonds is 4. The Morgan fingerprint density at radius 2 is 1.68 bits per heavy atom. The minimum Gasteiger partial charge on any atom is -0.316 e. The quantitative estimate of drug-likeness (QED) is 0.726. The second-order valence-electron chi connectivity index (χ2n) is 7.12. The molecule has 6 heteroatoms. The third-order valence-corrected chi connectivity index (χ3v) is 6.91. The molecule has 144 valence electrons. The van der Waals surface area contributed by atoms with Gasteiger partial charge in [-0.3, -0.25) is 0 Å². The minimum absolute atomic E-state index is 0.0139. The summed E-state index contributed by atoms with van der Waals surface area (Å²) in [7, 11) is -3.10. The van der Waals surface area contributed by atoms with Crippen LogP contribution in [0.2, 0.25) is 0 Å². The fourth-order valence-electron chi connectivity index (χ4n) is 3.72. The molecule has 1 atom stereocenters. The maximum atomic E-state index is 13.1. The van der Waals surface area contributed by atoms with Crippen LogP contribution in [0.1, 0.15) is 12.0 Å². The minimum atomic E-state index is -3.10. The van der Waals surface area contributed by atoms with E-state index in [1.165, 1.54) is 0 Å². The molecular weight excluding hydrogens is 372 g/mol. The van der Waals surface area contributed by atoms with E-state index in [4.69, 9.17) is 0 Å². The lowest BCUT2D eigenvalue weighted by atomic mass is 10.0. The molecule has 3 aromatic carbocycles. The van der Waals surface area contributed by atoms with E-state index >= 15 is 0 Å².